The van der Waals surface area contributed by atoms with Crippen molar-refractivity contribution in [2.24, 2.45) is 5.92 Å². The maximum atomic E-state index is 13.8. The molecule has 7 nitrogen and oxygen atoms in total. The number of likely N-dealkylation sites (N-methyl/N-ethyl adjacent to an activating group) is 1. The lowest BCUT2D eigenvalue weighted by atomic mass is 9.96. The standard InChI is InChI=1S/C27H36N4O3S2/c1-5-29(6-2)18-19-31(27-28-25-21(4)8-7-9-24(25)35-27)26(32)22-14-16-30(17-15-22)36(33,34)23-12-10-20(3)11-13-23/h7-13,22H,5-6,14-19H2,1-4H3. The first-order valence-corrected chi connectivity index (χ1v) is 15.0. The zero-order chi connectivity index (χ0) is 25.9. The topological polar surface area (TPSA) is 73.8 Å². The maximum absolute atomic E-state index is 13.8. The van der Waals surface area contributed by atoms with Gasteiger partial charge < -0.3 is 4.90 Å². The molecule has 0 atom stereocenters. The molecule has 1 saturated heterocycles. The number of thiazole rings is 1. The van der Waals surface area contributed by atoms with E-state index in [1.165, 1.54) is 4.31 Å². The molecule has 0 spiro atoms. The molecule has 1 aliphatic rings. The largest absolute Gasteiger partial charge is 0.302 e. The van der Waals surface area contributed by atoms with Crippen molar-refractivity contribution in [2.75, 3.05) is 44.2 Å². The lowest BCUT2D eigenvalue weighted by Crippen LogP contribution is -2.46. The number of rotatable bonds is 9. The molecule has 3 aromatic rings. The van der Waals surface area contributed by atoms with E-state index >= 15 is 0 Å². The van der Waals surface area contributed by atoms with Crippen LogP contribution >= 0.6 is 11.3 Å². The van der Waals surface area contributed by atoms with Gasteiger partial charge in [0, 0.05) is 32.1 Å². The second kappa shape index (κ2) is 11.4. The number of benzene rings is 2. The number of hydrogen-bond acceptors (Lipinski definition) is 6. The maximum Gasteiger partial charge on any atom is 0.243 e. The van der Waals surface area contributed by atoms with Crippen LogP contribution in [0, 0.1) is 19.8 Å². The fourth-order valence-corrected chi connectivity index (χ4v) is 7.24. The molecule has 2 aromatic carbocycles. The molecule has 0 radical (unpaired) electrons. The van der Waals surface area contributed by atoms with Crippen LogP contribution in [0.4, 0.5) is 5.13 Å². The third-order valence-electron chi connectivity index (χ3n) is 7.10. The van der Waals surface area contributed by atoms with E-state index in [2.05, 4.69) is 18.7 Å². The van der Waals surface area contributed by atoms with E-state index in [9.17, 15) is 13.2 Å². The molecule has 9 heteroatoms. The fourth-order valence-electron chi connectivity index (χ4n) is 4.69. The SMILES string of the molecule is CCN(CC)CCN(C(=O)C1CCN(S(=O)(=O)c2ccc(C)cc2)CC1)c1nc2c(C)cccc2s1. The Bertz CT molecular complexity index is 1290. The van der Waals surface area contributed by atoms with E-state index in [-0.39, 0.29) is 11.8 Å². The first-order valence-electron chi connectivity index (χ1n) is 12.7. The van der Waals surface area contributed by atoms with Crippen molar-refractivity contribution in [3.63, 3.8) is 0 Å². The van der Waals surface area contributed by atoms with Gasteiger partial charge in [-0.05, 0) is 63.5 Å². The van der Waals surface area contributed by atoms with Crippen LogP contribution in [0.2, 0.25) is 0 Å². The minimum atomic E-state index is -3.56. The molecule has 194 valence electrons. The van der Waals surface area contributed by atoms with Gasteiger partial charge in [-0.2, -0.15) is 4.31 Å². The number of sulfonamides is 1. The fraction of sp³-hybridized carbons (Fsp3) is 0.481. The zero-order valence-corrected chi connectivity index (χ0v) is 23.2. The molecule has 0 saturated carbocycles. The molecule has 1 fully saturated rings. The van der Waals surface area contributed by atoms with Crippen molar-refractivity contribution < 1.29 is 13.2 Å². The van der Waals surface area contributed by atoms with Crippen LogP contribution in [-0.4, -0.2) is 67.8 Å². The van der Waals surface area contributed by atoms with Crippen LogP contribution in [0.3, 0.4) is 0 Å². The van der Waals surface area contributed by atoms with Gasteiger partial charge >= 0.3 is 0 Å². The average Bonchev–Trinajstić information content (AvgIpc) is 3.32. The van der Waals surface area contributed by atoms with Crippen molar-refractivity contribution in [2.45, 2.75) is 45.4 Å². The molecule has 0 unspecified atom stereocenters. The van der Waals surface area contributed by atoms with Gasteiger partial charge in [0.25, 0.3) is 0 Å². The summed E-state index contributed by atoms with van der Waals surface area (Å²) in [5.74, 6) is -0.175. The third kappa shape index (κ3) is 5.64. The Kier molecular flexibility index (Phi) is 8.44. The van der Waals surface area contributed by atoms with Crippen LogP contribution < -0.4 is 4.90 Å². The number of hydrogen-bond donors (Lipinski definition) is 0. The molecule has 0 N–H and O–H groups in total. The van der Waals surface area contributed by atoms with Gasteiger partial charge in [0.05, 0.1) is 15.1 Å². The summed E-state index contributed by atoms with van der Waals surface area (Å²) < 4.78 is 28.8. The number of amides is 1. The Morgan fingerprint density at radius 2 is 1.69 bits per heavy atom. The van der Waals surface area contributed by atoms with Crippen molar-refractivity contribution >= 4 is 42.6 Å². The summed E-state index contributed by atoms with van der Waals surface area (Å²) in [7, 11) is -3.56. The Morgan fingerprint density at radius 1 is 1.03 bits per heavy atom. The molecule has 1 aromatic heterocycles. The van der Waals surface area contributed by atoms with E-state index in [0.717, 1.165) is 46.1 Å². The number of carbonyl (C=O) groups is 1. The summed E-state index contributed by atoms with van der Waals surface area (Å²) >= 11 is 1.55. The normalized spacial score (nSPS) is 15.6. The van der Waals surface area contributed by atoms with Crippen LogP contribution in [0.1, 0.15) is 37.8 Å². The molecule has 4 rings (SSSR count). The Hall–Kier alpha value is -2.33. The Labute approximate surface area is 218 Å². The Morgan fingerprint density at radius 3 is 2.31 bits per heavy atom. The quantitative estimate of drug-likeness (QED) is 0.403. The van der Waals surface area contributed by atoms with Gasteiger partial charge in [-0.3, -0.25) is 9.69 Å². The van der Waals surface area contributed by atoms with E-state index in [0.29, 0.717) is 37.4 Å². The van der Waals surface area contributed by atoms with Gasteiger partial charge in [-0.15, -0.1) is 0 Å². The summed E-state index contributed by atoms with van der Waals surface area (Å²) in [5.41, 5.74) is 3.06. The van der Waals surface area contributed by atoms with Gasteiger partial charge in [0.15, 0.2) is 5.13 Å². The molecule has 1 aliphatic heterocycles. The second-order valence-electron chi connectivity index (χ2n) is 9.43. The number of aromatic nitrogens is 1. The Balaban J connectivity index is 1.52. The summed E-state index contributed by atoms with van der Waals surface area (Å²) in [6.45, 7) is 12.1. The molecule has 0 bridgehead atoms. The second-order valence-corrected chi connectivity index (χ2v) is 12.4. The molecular weight excluding hydrogens is 492 g/mol. The van der Waals surface area contributed by atoms with Gasteiger partial charge in [0.2, 0.25) is 15.9 Å². The highest BCUT2D eigenvalue weighted by atomic mass is 32.2. The predicted octanol–water partition coefficient (Wildman–Crippen LogP) is 4.69. The van der Waals surface area contributed by atoms with Crippen LogP contribution in [0.25, 0.3) is 10.2 Å². The first-order chi connectivity index (χ1) is 17.2. The third-order valence-corrected chi connectivity index (χ3v) is 10.1. The smallest absolute Gasteiger partial charge is 0.243 e. The lowest BCUT2D eigenvalue weighted by Gasteiger charge is -2.33. The highest BCUT2D eigenvalue weighted by Crippen LogP contribution is 2.33. The molecule has 0 aliphatic carbocycles. The van der Waals surface area contributed by atoms with E-state index in [4.69, 9.17) is 4.98 Å². The average molecular weight is 529 g/mol. The minimum absolute atomic E-state index is 0.0475. The minimum Gasteiger partial charge on any atom is -0.302 e. The monoisotopic (exact) mass is 528 g/mol. The number of nitrogens with zero attached hydrogens (tertiary/aromatic N) is 4. The summed E-state index contributed by atoms with van der Waals surface area (Å²) in [4.78, 5) is 23.1. The molecular formula is C27H36N4O3S2. The summed E-state index contributed by atoms with van der Waals surface area (Å²) in [6, 6.07) is 13.1. The number of para-hydroxylation sites is 1. The predicted molar refractivity (Wildman–Crippen MR) is 147 cm³/mol. The van der Waals surface area contributed by atoms with Gasteiger partial charge in [-0.1, -0.05) is 55.0 Å². The van der Waals surface area contributed by atoms with Crippen molar-refractivity contribution in [3.05, 3.63) is 53.6 Å². The summed E-state index contributed by atoms with van der Waals surface area (Å²) in [6.07, 6.45) is 1.02. The molecule has 36 heavy (non-hydrogen) atoms. The highest BCUT2D eigenvalue weighted by Gasteiger charge is 2.35. The number of fused-ring (bicyclic) bond motifs is 1. The zero-order valence-electron chi connectivity index (χ0n) is 21.6. The highest BCUT2D eigenvalue weighted by molar-refractivity contribution is 7.89. The van der Waals surface area contributed by atoms with Gasteiger partial charge in [0.1, 0.15) is 0 Å². The number of anilines is 1. The van der Waals surface area contributed by atoms with Crippen molar-refractivity contribution in [1.29, 1.82) is 0 Å². The number of piperidine rings is 1. The first kappa shape index (κ1) is 26.7. The lowest BCUT2D eigenvalue weighted by molar-refractivity contribution is -0.123. The van der Waals surface area contributed by atoms with E-state index in [1.54, 1.807) is 23.5 Å². The number of carbonyl (C=O) groups excluding carboxylic acids is 1. The van der Waals surface area contributed by atoms with Crippen molar-refractivity contribution in [3.8, 4) is 0 Å². The van der Waals surface area contributed by atoms with Gasteiger partial charge in [-0.25, -0.2) is 13.4 Å². The molecule has 2 heterocycles. The number of aryl methyl sites for hydroxylation is 2. The molecule has 1 amide bonds. The summed E-state index contributed by atoms with van der Waals surface area (Å²) in [5, 5.41) is 0.728. The van der Waals surface area contributed by atoms with E-state index < -0.39 is 10.0 Å². The van der Waals surface area contributed by atoms with Crippen molar-refractivity contribution in [1.82, 2.24) is 14.2 Å². The van der Waals surface area contributed by atoms with Crippen LogP contribution in [0.15, 0.2) is 47.4 Å². The van der Waals surface area contributed by atoms with Crippen LogP contribution in [0.5, 0.6) is 0 Å². The van der Waals surface area contributed by atoms with Crippen LogP contribution in [-0.2, 0) is 14.8 Å². The van der Waals surface area contributed by atoms with E-state index in [1.807, 2.05) is 49.1 Å².